The molecule has 0 saturated carbocycles. The molecule has 0 fully saturated rings. The summed E-state index contributed by atoms with van der Waals surface area (Å²) < 4.78 is 0.952. The van der Waals surface area contributed by atoms with Crippen molar-refractivity contribution in [2.75, 3.05) is 13.6 Å². The zero-order valence-electron chi connectivity index (χ0n) is 8.97. The lowest BCUT2D eigenvalue weighted by molar-refractivity contribution is 0.0794. The van der Waals surface area contributed by atoms with Gasteiger partial charge in [0.1, 0.15) is 4.34 Å². The van der Waals surface area contributed by atoms with Crippen molar-refractivity contribution < 1.29 is 4.79 Å². The molecule has 2 nitrogen and oxygen atoms in total. The first-order valence-corrected chi connectivity index (χ1v) is 6.77. The monoisotopic (exact) mass is 299 g/mol. The van der Waals surface area contributed by atoms with Gasteiger partial charge in [-0.2, -0.15) is 0 Å². The molecule has 0 aromatic carbocycles. The van der Waals surface area contributed by atoms with Crippen LogP contribution in [0.5, 0.6) is 0 Å². The minimum atomic E-state index is -0.120. The molecular formula is C10H12Cl3NOS. The molecule has 90 valence electrons. The smallest absolute Gasteiger partial charge is 0.256 e. The largest absolute Gasteiger partial charge is 0.342 e. The Kier molecular flexibility index (Phi) is 5.38. The van der Waals surface area contributed by atoms with Gasteiger partial charge < -0.3 is 4.90 Å². The van der Waals surface area contributed by atoms with E-state index in [0.717, 1.165) is 6.42 Å². The lowest BCUT2D eigenvalue weighted by Gasteiger charge is -2.17. The van der Waals surface area contributed by atoms with Crippen LogP contribution in [0.4, 0.5) is 0 Å². The molecule has 1 rings (SSSR count). The third kappa shape index (κ3) is 3.81. The second kappa shape index (κ2) is 6.10. The summed E-state index contributed by atoms with van der Waals surface area (Å²) in [5, 5.41) is 0.0526. The van der Waals surface area contributed by atoms with Crippen LogP contribution >= 0.6 is 46.1 Å². The maximum atomic E-state index is 11.9. The molecular weight excluding hydrogens is 289 g/mol. The number of amides is 1. The zero-order valence-corrected chi connectivity index (χ0v) is 12.1. The van der Waals surface area contributed by atoms with Crippen LogP contribution in [-0.2, 0) is 0 Å². The third-order valence-corrected chi connectivity index (χ3v) is 3.80. The van der Waals surface area contributed by atoms with Crippen LogP contribution in [0.15, 0.2) is 6.07 Å². The summed E-state index contributed by atoms with van der Waals surface area (Å²) in [4.78, 5) is 13.5. The molecule has 0 saturated heterocycles. The highest BCUT2D eigenvalue weighted by Crippen LogP contribution is 2.31. The number of rotatable bonds is 4. The van der Waals surface area contributed by atoms with E-state index in [2.05, 4.69) is 0 Å². The number of carbonyl (C=O) groups is 1. The number of halogens is 3. The summed E-state index contributed by atoms with van der Waals surface area (Å²) in [5.74, 6) is -0.120. The summed E-state index contributed by atoms with van der Waals surface area (Å²) in [6, 6.07) is 1.59. The molecule has 1 unspecified atom stereocenters. The first-order valence-electron chi connectivity index (χ1n) is 4.76. The Bertz CT molecular complexity index is 378. The second-order valence-corrected chi connectivity index (χ2v) is 6.56. The van der Waals surface area contributed by atoms with Crippen molar-refractivity contribution in [2.24, 2.45) is 0 Å². The van der Waals surface area contributed by atoms with E-state index in [1.54, 1.807) is 18.0 Å². The van der Waals surface area contributed by atoms with E-state index in [9.17, 15) is 4.79 Å². The SMILES string of the molecule is CC(Cl)CCN(C)C(=O)c1cc(Cl)sc1Cl. The number of nitrogens with zero attached hydrogens (tertiary/aromatic N) is 1. The highest BCUT2D eigenvalue weighted by atomic mass is 35.5. The molecule has 0 N–H and O–H groups in total. The zero-order chi connectivity index (χ0) is 12.3. The highest BCUT2D eigenvalue weighted by Gasteiger charge is 2.18. The van der Waals surface area contributed by atoms with Crippen LogP contribution in [0.25, 0.3) is 0 Å². The van der Waals surface area contributed by atoms with Crippen LogP contribution in [-0.4, -0.2) is 29.8 Å². The number of hydrogen-bond acceptors (Lipinski definition) is 2. The Labute approximate surface area is 114 Å². The third-order valence-electron chi connectivity index (χ3n) is 2.10. The van der Waals surface area contributed by atoms with Crippen LogP contribution in [0.2, 0.25) is 8.67 Å². The van der Waals surface area contributed by atoms with Crippen molar-refractivity contribution in [2.45, 2.75) is 18.7 Å². The Balaban J connectivity index is 2.67. The molecule has 16 heavy (non-hydrogen) atoms. The van der Waals surface area contributed by atoms with E-state index in [1.807, 2.05) is 6.92 Å². The summed E-state index contributed by atoms with van der Waals surface area (Å²) in [6.07, 6.45) is 0.749. The van der Waals surface area contributed by atoms with Gasteiger partial charge in [-0.15, -0.1) is 22.9 Å². The average molecular weight is 301 g/mol. The Morgan fingerprint density at radius 2 is 2.19 bits per heavy atom. The molecule has 0 aliphatic heterocycles. The summed E-state index contributed by atoms with van der Waals surface area (Å²) in [7, 11) is 1.73. The molecule has 0 bridgehead atoms. The van der Waals surface area contributed by atoms with E-state index in [4.69, 9.17) is 34.8 Å². The van der Waals surface area contributed by atoms with Gasteiger partial charge in [-0.3, -0.25) is 4.79 Å². The first kappa shape index (κ1) is 14.1. The van der Waals surface area contributed by atoms with Crippen LogP contribution in [0.3, 0.4) is 0 Å². The molecule has 1 aromatic rings. The topological polar surface area (TPSA) is 20.3 Å². The normalized spacial score (nSPS) is 12.6. The van der Waals surface area contributed by atoms with Crippen LogP contribution in [0, 0.1) is 0 Å². The van der Waals surface area contributed by atoms with E-state index in [0.29, 0.717) is 20.8 Å². The van der Waals surface area contributed by atoms with E-state index in [1.165, 1.54) is 11.3 Å². The van der Waals surface area contributed by atoms with Gasteiger partial charge in [0, 0.05) is 19.0 Å². The summed E-state index contributed by atoms with van der Waals surface area (Å²) in [5.41, 5.74) is 0.460. The number of carbonyl (C=O) groups excluding carboxylic acids is 1. The maximum absolute atomic E-state index is 11.9. The van der Waals surface area contributed by atoms with Gasteiger partial charge in [0.2, 0.25) is 0 Å². The van der Waals surface area contributed by atoms with E-state index in [-0.39, 0.29) is 11.3 Å². The summed E-state index contributed by atoms with van der Waals surface area (Å²) >= 11 is 18.7. The maximum Gasteiger partial charge on any atom is 0.256 e. The lowest BCUT2D eigenvalue weighted by Crippen LogP contribution is -2.28. The van der Waals surface area contributed by atoms with Gasteiger partial charge in [0.15, 0.2) is 0 Å². The van der Waals surface area contributed by atoms with Crippen molar-refractivity contribution in [1.82, 2.24) is 4.90 Å². The van der Waals surface area contributed by atoms with Crippen molar-refractivity contribution >= 4 is 52.0 Å². The fourth-order valence-corrected chi connectivity index (χ4v) is 2.71. The van der Waals surface area contributed by atoms with Gasteiger partial charge in [-0.1, -0.05) is 23.2 Å². The second-order valence-electron chi connectivity index (χ2n) is 3.53. The Morgan fingerprint density at radius 1 is 1.56 bits per heavy atom. The number of thiophene rings is 1. The van der Waals surface area contributed by atoms with E-state index < -0.39 is 0 Å². The minimum Gasteiger partial charge on any atom is -0.342 e. The molecule has 0 aliphatic carbocycles. The molecule has 1 atom stereocenters. The molecule has 1 aromatic heterocycles. The van der Waals surface area contributed by atoms with Gasteiger partial charge in [0.05, 0.1) is 9.90 Å². The Hall–Kier alpha value is 0.0400. The van der Waals surface area contributed by atoms with Crippen LogP contribution in [0.1, 0.15) is 23.7 Å². The van der Waals surface area contributed by atoms with Crippen molar-refractivity contribution in [3.8, 4) is 0 Å². The predicted molar refractivity (Wildman–Crippen MR) is 71.2 cm³/mol. The predicted octanol–water partition coefficient (Wildman–Crippen LogP) is 4.14. The molecule has 0 radical (unpaired) electrons. The molecule has 0 aliphatic rings. The van der Waals surface area contributed by atoms with Gasteiger partial charge in [-0.05, 0) is 19.4 Å². The average Bonchev–Trinajstić information content (AvgIpc) is 2.53. The first-order chi connectivity index (χ1) is 7.41. The summed E-state index contributed by atoms with van der Waals surface area (Å²) in [6.45, 7) is 2.50. The Morgan fingerprint density at radius 3 is 2.62 bits per heavy atom. The molecule has 1 heterocycles. The number of alkyl halides is 1. The lowest BCUT2D eigenvalue weighted by atomic mass is 10.2. The molecule has 1 amide bonds. The fraction of sp³-hybridized carbons (Fsp3) is 0.500. The van der Waals surface area contributed by atoms with E-state index >= 15 is 0 Å². The minimum absolute atomic E-state index is 0.0526. The quantitative estimate of drug-likeness (QED) is 0.765. The van der Waals surface area contributed by atoms with Gasteiger partial charge >= 0.3 is 0 Å². The van der Waals surface area contributed by atoms with Crippen molar-refractivity contribution in [3.63, 3.8) is 0 Å². The highest BCUT2D eigenvalue weighted by molar-refractivity contribution is 7.20. The number of hydrogen-bond donors (Lipinski definition) is 0. The van der Waals surface area contributed by atoms with Crippen LogP contribution < -0.4 is 0 Å². The van der Waals surface area contributed by atoms with Crippen molar-refractivity contribution in [3.05, 3.63) is 20.3 Å². The van der Waals surface area contributed by atoms with Gasteiger partial charge in [-0.25, -0.2) is 0 Å². The fourth-order valence-electron chi connectivity index (χ4n) is 1.16. The molecule has 6 heteroatoms. The van der Waals surface area contributed by atoms with Crippen molar-refractivity contribution in [1.29, 1.82) is 0 Å². The molecule has 0 spiro atoms. The standard InChI is InChI=1S/C10H12Cl3NOS/c1-6(11)3-4-14(2)10(15)7-5-8(12)16-9(7)13/h5-6H,3-4H2,1-2H3. The van der Waals surface area contributed by atoms with Gasteiger partial charge in [0.25, 0.3) is 5.91 Å².